The Kier molecular flexibility index (Phi) is 2.97. The summed E-state index contributed by atoms with van der Waals surface area (Å²) in [6.07, 6.45) is -1.19. The lowest BCUT2D eigenvalue weighted by Crippen LogP contribution is -2.42. The predicted molar refractivity (Wildman–Crippen MR) is 59.3 cm³/mol. The smallest absolute Gasteiger partial charge is 0.311 e. The minimum atomic E-state index is -0.744. The van der Waals surface area contributed by atoms with E-state index >= 15 is 0 Å². The molecule has 1 aromatic rings. The van der Waals surface area contributed by atoms with E-state index in [0.717, 1.165) is 5.56 Å². The van der Waals surface area contributed by atoms with Gasteiger partial charge in [-0.05, 0) is 19.4 Å². The Hall–Kier alpha value is -1.35. The Morgan fingerprint density at radius 1 is 1.31 bits per heavy atom. The zero-order valence-corrected chi connectivity index (χ0v) is 9.17. The van der Waals surface area contributed by atoms with Crippen LogP contribution in [0, 0.1) is 18.8 Å². The highest BCUT2D eigenvalue weighted by atomic mass is 16.5. The summed E-state index contributed by atoms with van der Waals surface area (Å²) in [4.78, 5) is 11.5. The molecule has 0 aromatic heterocycles. The Morgan fingerprint density at radius 3 is 2.56 bits per heavy atom. The minimum Gasteiger partial charge on any atom is -0.457 e. The molecular weight excluding hydrogens is 204 g/mol. The van der Waals surface area contributed by atoms with E-state index in [0.29, 0.717) is 0 Å². The molecule has 3 nitrogen and oxygen atoms in total. The van der Waals surface area contributed by atoms with Crippen LogP contribution in [0.1, 0.15) is 18.6 Å². The van der Waals surface area contributed by atoms with Crippen molar-refractivity contribution in [1.29, 1.82) is 0 Å². The maximum absolute atomic E-state index is 11.5. The van der Waals surface area contributed by atoms with Gasteiger partial charge < -0.3 is 9.84 Å². The van der Waals surface area contributed by atoms with Gasteiger partial charge in [0.1, 0.15) is 6.10 Å². The lowest BCUT2D eigenvalue weighted by atomic mass is 9.83. The Morgan fingerprint density at radius 2 is 1.94 bits per heavy atom. The van der Waals surface area contributed by atoms with Crippen molar-refractivity contribution in [3.05, 3.63) is 42.8 Å². The van der Waals surface area contributed by atoms with Crippen LogP contribution in [0.4, 0.5) is 0 Å². The topological polar surface area (TPSA) is 46.5 Å². The van der Waals surface area contributed by atoms with E-state index in [1.54, 1.807) is 6.92 Å². The Balaban J connectivity index is 2.26. The second-order valence-electron chi connectivity index (χ2n) is 4.21. The summed E-state index contributed by atoms with van der Waals surface area (Å²) in [5, 5.41) is 9.89. The quantitative estimate of drug-likeness (QED) is 0.732. The molecule has 1 aromatic carbocycles. The normalized spacial score (nSPS) is 34.6. The molecule has 2 rings (SSSR count). The molecule has 0 amide bonds. The summed E-state index contributed by atoms with van der Waals surface area (Å²) in [5.41, 5.74) is 0.877. The summed E-state index contributed by atoms with van der Waals surface area (Å²) >= 11 is 0. The van der Waals surface area contributed by atoms with Crippen molar-refractivity contribution in [3.63, 3.8) is 0 Å². The average Bonchev–Trinajstić information content (AvgIpc) is 2.32. The van der Waals surface area contributed by atoms with E-state index < -0.39 is 18.1 Å². The first-order valence-electron chi connectivity index (χ1n) is 5.38. The van der Waals surface area contributed by atoms with Crippen LogP contribution < -0.4 is 0 Å². The SMILES string of the molecule is [CH2][C@@H]1[C@@H](O)[C@H](C)C(=O)O[C@H]1c1ccccc1. The zero-order valence-electron chi connectivity index (χ0n) is 9.17. The second kappa shape index (κ2) is 4.26. The van der Waals surface area contributed by atoms with Crippen LogP contribution >= 0.6 is 0 Å². The van der Waals surface area contributed by atoms with Crippen LogP contribution in [0.3, 0.4) is 0 Å². The summed E-state index contributed by atoms with van der Waals surface area (Å²) in [5.74, 6) is -1.18. The molecule has 1 aliphatic heterocycles. The molecule has 1 N–H and O–H groups in total. The molecule has 0 spiro atoms. The molecule has 1 radical (unpaired) electrons. The van der Waals surface area contributed by atoms with Crippen LogP contribution in [0.2, 0.25) is 0 Å². The average molecular weight is 219 g/mol. The van der Waals surface area contributed by atoms with Gasteiger partial charge in [0.2, 0.25) is 0 Å². The number of aliphatic hydroxyl groups excluding tert-OH is 1. The lowest BCUT2D eigenvalue weighted by molar-refractivity contribution is -0.176. The maximum Gasteiger partial charge on any atom is 0.311 e. The van der Waals surface area contributed by atoms with Crippen LogP contribution in [-0.2, 0) is 9.53 Å². The monoisotopic (exact) mass is 219 g/mol. The fraction of sp³-hybridized carbons (Fsp3) is 0.385. The summed E-state index contributed by atoms with van der Waals surface area (Å²) < 4.78 is 5.31. The molecule has 0 bridgehead atoms. The van der Waals surface area contributed by atoms with E-state index in [9.17, 15) is 9.90 Å². The third-order valence-corrected chi connectivity index (χ3v) is 3.08. The van der Waals surface area contributed by atoms with Crippen molar-refractivity contribution in [2.24, 2.45) is 11.8 Å². The first-order chi connectivity index (χ1) is 7.61. The van der Waals surface area contributed by atoms with Gasteiger partial charge in [-0.1, -0.05) is 30.3 Å². The molecule has 3 heteroatoms. The number of rotatable bonds is 1. The second-order valence-corrected chi connectivity index (χ2v) is 4.21. The number of ether oxygens (including phenoxy) is 1. The number of benzene rings is 1. The van der Waals surface area contributed by atoms with E-state index in [1.807, 2.05) is 30.3 Å². The van der Waals surface area contributed by atoms with Crippen molar-refractivity contribution in [2.75, 3.05) is 0 Å². The van der Waals surface area contributed by atoms with Crippen molar-refractivity contribution in [2.45, 2.75) is 19.1 Å². The van der Waals surface area contributed by atoms with E-state index in [4.69, 9.17) is 4.74 Å². The molecule has 0 saturated carbocycles. The van der Waals surface area contributed by atoms with E-state index in [2.05, 4.69) is 6.92 Å². The summed E-state index contributed by atoms with van der Waals surface area (Å²) in [6, 6.07) is 9.39. The number of hydrogen-bond acceptors (Lipinski definition) is 3. The Bertz CT molecular complexity index is 374. The highest BCUT2D eigenvalue weighted by molar-refractivity contribution is 5.74. The number of cyclic esters (lactones) is 1. The third-order valence-electron chi connectivity index (χ3n) is 3.08. The van der Waals surface area contributed by atoms with Crippen LogP contribution in [0.15, 0.2) is 30.3 Å². The zero-order chi connectivity index (χ0) is 11.7. The van der Waals surface area contributed by atoms with Crippen molar-refractivity contribution in [1.82, 2.24) is 0 Å². The molecule has 16 heavy (non-hydrogen) atoms. The highest BCUT2D eigenvalue weighted by Crippen LogP contribution is 2.36. The van der Waals surface area contributed by atoms with Crippen LogP contribution in [0.5, 0.6) is 0 Å². The number of carbonyl (C=O) groups is 1. The summed E-state index contributed by atoms with van der Waals surface area (Å²) in [7, 11) is 0. The van der Waals surface area contributed by atoms with Gasteiger partial charge in [0.05, 0.1) is 12.0 Å². The fourth-order valence-corrected chi connectivity index (χ4v) is 1.97. The molecule has 85 valence electrons. The van der Waals surface area contributed by atoms with Crippen molar-refractivity contribution in [3.8, 4) is 0 Å². The molecular formula is C13H15O3. The molecule has 1 heterocycles. The number of esters is 1. The van der Waals surface area contributed by atoms with Gasteiger partial charge in [0.15, 0.2) is 0 Å². The maximum atomic E-state index is 11.5. The predicted octanol–water partition coefficient (Wildman–Crippen LogP) is 1.73. The first-order valence-corrected chi connectivity index (χ1v) is 5.38. The molecule has 1 aliphatic rings. The molecule has 1 fully saturated rings. The van der Waals surface area contributed by atoms with Gasteiger partial charge in [0, 0.05) is 5.92 Å². The Labute approximate surface area is 95.0 Å². The fourth-order valence-electron chi connectivity index (χ4n) is 1.97. The number of hydrogen-bond donors (Lipinski definition) is 1. The van der Waals surface area contributed by atoms with Crippen LogP contribution in [-0.4, -0.2) is 17.2 Å². The highest BCUT2D eigenvalue weighted by Gasteiger charge is 2.40. The molecule has 1 saturated heterocycles. The van der Waals surface area contributed by atoms with Gasteiger partial charge in [-0.15, -0.1) is 0 Å². The largest absolute Gasteiger partial charge is 0.457 e. The number of carbonyl (C=O) groups excluding carboxylic acids is 1. The number of aliphatic hydroxyl groups is 1. The van der Waals surface area contributed by atoms with E-state index in [-0.39, 0.29) is 11.9 Å². The first kappa shape index (κ1) is 11.1. The minimum absolute atomic E-state index is 0.324. The van der Waals surface area contributed by atoms with Crippen LogP contribution in [0.25, 0.3) is 0 Å². The summed E-state index contributed by atoms with van der Waals surface area (Å²) in [6.45, 7) is 5.55. The van der Waals surface area contributed by atoms with E-state index in [1.165, 1.54) is 0 Å². The molecule has 0 unspecified atom stereocenters. The third kappa shape index (κ3) is 1.83. The van der Waals surface area contributed by atoms with Gasteiger partial charge in [-0.3, -0.25) is 4.79 Å². The van der Waals surface area contributed by atoms with Crippen molar-refractivity contribution >= 4 is 5.97 Å². The lowest BCUT2D eigenvalue weighted by Gasteiger charge is -2.36. The standard InChI is InChI=1S/C13H15O3/c1-8-11(14)9(2)13(15)16-12(8)10-6-4-3-5-7-10/h3-9,11-12,14H,1H2,2H3/t8-,9+,11-,12-/m1/s1. The van der Waals surface area contributed by atoms with Gasteiger partial charge in [-0.2, -0.15) is 0 Å². The molecule has 4 atom stereocenters. The van der Waals surface area contributed by atoms with Gasteiger partial charge >= 0.3 is 5.97 Å². The van der Waals surface area contributed by atoms with Gasteiger partial charge in [-0.25, -0.2) is 0 Å². The van der Waals surface area contributed by atoms with Gasteiger partial charge in [0.25, 0.3) is 0 Å². The molecule has 0 aliphatic carbocycles. The van der Waals surface area contributed by atoms with Crippen molar-refractivity contribution < 1.29 is 14.6 Å².